The van der Waals surface area contributed by atoms with Crippen LogP contribution < -0.4 is 19.6 Å². The maximum atomic E-state index is 6.14. The quantitative estimate of drug-likeness (QED) is 0.510. The fourth-order valence-corrected chi connectivity index (χ4v) is 3.04. The number of anilines is 1. The molecule has 0 atom stereocenters. The van der Waals surface area contributed by atoms with Gasteiger partial charge in [-0.1, -0.05) is 34.8 Å². The first-order valence-electron chi connectivity index (χ1n) is 7.16. The van der Waals surface area contributed by atoms with E-state index in [4.69, 9.17) is 49.0 Å². The Morgan fingerprint density at radius 1 is 0.880 bits per heavy atom. The summed E-state index contributed by atoms with van der Waals surface area (Å²) >= 11 is 18.2. The normalized spacial score (nSPS) is 11.2. The molecule has 2 aromatic rings. The maximum Gasteiger partial charge on any atom is 0.203 e. The van der Waals surface area contributed by atoms with Crippen LogP contribution in [0, 0.1) is 0 Å². The molecule has 2 rings (SSSR count). The van der Waals surface area contributed by atoms with Gasteiger partial charge in [-0.15, -0.1) is 0 Å². The molecule has 0 saturated heterocycles. The standard InChI is InChI=1S/C17H17Cl3N2O3/c1-9(21-22-16-12(19)7-11(18)8-13(16)20)10-5-14(23-2)17(25-4)15(6-10)24-3/h5-8,22H,1-4H3/b21-9-. The first-order chi connectivity index (χ1) is 11.9. The van der Waals surface area contributed by atoms with Gasteiger partial charge in [0.05, 0.1) is 42.8 Å². The van der Waals surface area contributed by atoms with Crippen LogP contribution in [0.4, 0.5) is 5.69 Å². The van der Waals surface area contributed by atoms with Crippen LogP contribution in [0.5, 0.6) is 17.2 Å². The van der Waals surface area contributed by atoms with Crippen molar-refractivity contribution >= 4 is 46.2 Å². The third-order valence-corrected chi connectivity index (χ3v) is 4.24. The molecular weight excluding hydrogens is 387 g/mol. The highest BCUT2D eigenvalue weighted by molar-refractivity contribution is 6.41. The summed E-state index contributed by atoms with van der Waals surface area (Å²) in [6.45, 7) is 1.82. The van der Waals surface area contributed by atoms with Crippen LogP contribution in [0.2, 0.25) is 15.1 Å². The van der Waals surface area contributed by atoms with Gasteiger partial charge in [-0.2, -0.15) is 5.10 Å². The lowest BCUT2D eigenvalue weighted by atomic mass is 10.1. The van der Waals surface area contributed by atoms with E-state index in [2.05, 4.69) is 10.5 Å². The Morgan fingerprint density at radius 3 is 1.84 bits per heavy atom. The number of nitrogens with one attached hydrogen (secondary N) is 1. The van der Waals surface area contributed by atoms with E-state index < -0.39 is 0 Å². The number of halogens is 3. The van der Waals surface area contributed by atoms with E-state index in [0.29, 0.717) is 43.7 Å². The van der Waals surface area contributed by atoms with Gasteiger partial charge in [0, 0.05) is 10.6 Å². The monoisotopic (exact) mass is 402 g/mol. The minimum absolute atomic E-state index is 0.374. The number of ether oxygens (including phenoxy) is 3. The molecule has 0 radical (unpaired) electrons. The molecule has 0 amide bonds. The Balaban J connectivity index is 2.37. The zero-order valence-electron chi connectivity index (χ0n) is 14.1. The van der Waals surface area contributed by atoms with Gasteiger partial charge in [-0.25, -0.2) is 0 Å². The van der Waals surface area contributed by atoms with Gasteiger partial charge in [0.15, 0.2) is 11.5 Å². The third-order valence-electron chi connectivity index (χ3n) is 3.42. The molecular formula is C17H17Cl3N2O3. The smallest absolute Gasteiger partial charge is 0.203 e. The summed E-state index contributed by atoms with van der Waals surface area (Å²) in [6.07, 6.45) is 0. The average molecular weight is 404 g/mol. The highest BCUT2D eigenvalue weighted by Crippen LogP contribution is 2.38. The summed E-state index contributed by atoms with van der Waals surface area (Å²) in [5.74, 6) is 1.58. The molecule has 0 unspecified atom stereocenters. The number of nitrogens with zero attached hydrogens (tertiary/aromatic N) is 1. The second kappa shape index (κ2) is 8.52. The molecule has 0 aliphatic rings. The van der Waals surface area contributed by atoms with E-state index in [-0.39, 0.29) is 0 Å². The molecule has 0 saturated carbocycles. The maximum absolute atomic E-state index is 6.14. The zero-order chi connectivity index (χ0) is 18.6. The third kappa shape index (κ3) is 4.42. The molecule has 0 aliphatic heterocycles. The van der Waals surface area contributed by atoms with Gasteiger partial charge in [-0.05, 0) is 31.2 Å². The lowest BCUT2D eigenvalue weighted by Crippen LogP contribution is -2.03. The van der Waals surface area contributed by atoms with Crippen molar-refractivity contribution in [3.63, 3.8) is 0 Å². The number of hydrogen-bond donors (Lipinski definition) is 1. The van der Waals surface area contributed by atoms with Crippen LogP contribution in [-0.2, 0) is 0 Å². The highest BCUT2D eigenvalue weighted by atomic mass is 35.5. The fourth-order valence-electron chi connectivity index (χ4n) is 2.14. The summed E-state index contributed by atoms with van der Waals surface area (Å²) in [5, 5.41) is 5.52. The topological polar surface area (TPSA) is 52.1 Å². The molecule has 1 N–H and O–H groups in total. The van der Waals surface area contributed by atoms with E-state index in [1.54, 1.807) is 45.6 Å². The van der Waals surface area contributed by atoms with Gasteiger partial charge < -0.3 is 14.2 Å². The Bertz CT molecular complexity index is 762. The van der Waals surface area contributed by atoms with E-state index in [1.807, 2.05) is 6.92 Å². The van der Waals surface area contributed by atoms with Crippen LogP contribution >= 0.6 is 34.8 Å². The molecule has 0 heterocycles. The SMILES string of the molecule is COc1cc(/C(C)=N\Nc2c(Cl)cc(Cl)cc2Cl)cc(OC)c1OC. The second-order valence-corrected chi connectivity index (χ2v) is 6.22. The molecule has 134 valence electrons. The molecule has 0 spiro atoms. The average Bonchev–Trinajstić information content (AvgIpc) is 2.59. The summed E-state index contributed by atoms with van der Waals surface area (Å²) in [4.78, 5) is 0. The number of rotatable bonds is 6. The zero-order valence-corrected chi connectivity index (χ0v) is 16.4. The van der Waals surface area contributed by atoms with Crippen molar-refractivity contribution in [2.75, 3.05) is 26.8 Å². The Kier molecular flexibility index (Phi) is 6.64. The Labute approximate surface area is 161 Å². The Hall–Kier alpha value is -1.82. The molecule has 0 bridgehead atoms. The van der Waals surface area contributed by atoms with Crippen molar-refractivity contribution in [1.82, 2.24) is 0 Å². The highest BCUT2D eigenvalue weighted by Gasteiger charge is 2.15. The van der Waals surface area contributed by atoms with Gasteiger partial charge >= 0.3 is 0 Å². The number of hydrazone groups is 1. The van der Waals surface area contributed by atoms with Gasteiger partial charge in [-0.3, -0.25) is 5.43 Å². The lowest BCUT2D eigenvalue weighted by molar-refractivity contribution is 0.324. The van der Waals surface area contributed by atoms with Crippen LogP contribution in [0.15, 0.2) is 29.4 Å². The summed E-state index contributed by atoms with van der Waals surface area (Å²) in [5.41, 5.74) is 4.78. The molecule has 25 heavy (non-hydrogen) atoms. The van der Waals surface area contributed by atoms with Crippen LogP contribution in [-0.4, -0.2) is 27.0 Å². The van der Waals surface area contributed by atoms with E-state index in [9.17, 15) is 0 Å². The molecule has 5 nitrogen and oxygen atoms in total. The van der Waals surface area contributed by atoms with Crippen LogP contribution in [0.1, 0.15) is 12.5 Å². The van der Waals surface area contributed by atoms with Crippen molar-refractivity contribution in [3.05, 3.63) is 44.9 Å². The predicted molar refractivity (Wildman–Crippen MR) is 103 cm³/mol. The fraction of sp³-hybridized carbons (Fsp3) is 0.235. The van der Waals surface area contributed by atoms with Gasteiger partial charge in [0.2, 0.25) is 5.75 Å². The largest absolute Gasteiger partial charge is 0.493 e. The van der Waals surface area contributed by atoms with Crippen molar-refractivity contribution in [2.24, 2.45) is 5.10 Å². The number of hydrogen-bond acceptors (Lipinski definition) is 5. The molecule has 0 aromatic heterocycles. The first-order valence-corrected chi connectivity index (χ1v) is 8.29. The molecule has 8 heteroatoms. The predicted octanol–water partition coefficient (Wildman–Crippen LogP) is 5.51. The van der Waals surface area contributed by atoms with Gasteiger partial charge in [0.25, 0.3) is 0 Å². The van der Waals surface area contributed by atoms with Crippen molar-refractivity contribution in [2.45, 2.75) is 6.92 Å². The van der Waals surface area contributed by atoms with E-state index in [0.717, 1.165) is 5.56 Å². The number of benzene rings is 2. The second-order valence-electron chi connectivity index (χ2n) is 4.97. The first kappa shape index (κ1) is 19.5. The lowest BCUT2D eigenvalue weighted by Gasteiger charge is -2.14. The Morgan fingerprint density at radius 2 is 1.40 bits per heavy atom. The van der Waals surface area contributed by atoms with Crippen molar-refractivity contribution < 1.29 is 14.2 Å². The molecule has 2 aromatic carbocycles. The molecule has 0 fully saturated rings. The minimum Gasteiger partial charge on any atom is -0.493 e. The number of methoxy groups -OCH3 is 3. The summed E-state index contributed by atoms with van der Waals surface area (Å²) < 4.78 is 16.0. The van der Waals surface area contributed by atoms with Crippen molar-refractivity contribution in [1.29, 1.82) is 0 Å². The molecule has 0 aliphatic carbocycles. The summed E-state index contributed by atoms with van der Waals surface area (Å²) in [6, 6.07) is 6.77. The van der Waals surface area contributed by atoms with Gasteiger partial charge in [0.1, 0.15) is 0 Å². The van der Waals surface area contributed by atoms with Crippen LogP contribution in [0.25, 0.3) is 0 Å². The summed E-state index contributed by atoms with van der Waals surface area (Å²) in [7, 11) is 4.66. The minimum atomic E-state index is 0.374. The van der Waals surface area contributed by atoms with Crippen LogP contribution in [0.3, 0.4) is 0 Å². The van der Waals surface area contributed by atoms with E-state index >= 15 is 0 Å². The van der Waals surface area contributed by atoms with Crippen molar-refractivity contribution in [3.8, 4) is 17.2 Å². The van der Waals surface area contributed by atoms with E-state index in [1.165, 1.54) is 0 Å².